The second-order valence-electron chi connectivity index (χ2n) is 4.53. The van der Waals surface area contributed by atoms with Gasteiger partial charge in [-0.2, -0.15) is 13.2 Å². The minimum Gasteiger partial charge on any atom is -0.411 e. The van der Waals surface area contributed by atoms with Crippen LogP contribution in [-0.2, 0) is 12.6 Å². The van der Waals surface area contributed by atoms with Crippen molar-refractivity contribution >= 4 is 40.5 Å². The third-order valence-corrected chi connectivity index (χ3v) is 3.66. The zero-order valence-corrected chi connectivity index (χ0v) is 13.5. The molecule has 1 heterocycles. The first kappa shape index (κ1) is 17.8. The molecule has 0 fully saturated rings. The van der Waals surface area contributed by atoms with Crippen LogP contribution in [0.5, 0.6) is 0 Å². The molecular weight excluding hydrogens is 376 g/mol. The number of nitrogens with zero attached hydrogens (tertiary/aromatic N) is 2. The van der Waals surface area contributed by atoms with Crippen LogP contribution in [0.4, 0.5) is 13.2 Å². The van der Waals surface area contributed by atoms with Crippen molar-refractivity contribution in [1.29, 1.82) is 0 Å². The van der Waals surface area contributed by atoms with Gasteiger partial charge in [-0.1, -0.05) is 40.0 Å². The smallest absolute Gasteiger partial charge is 0.411 e. The lowest BCUT2D eigenvalue weighted by Crippen LogP contribution is -2.10. The summed E-state index contributed by atoms with van der Waals surface area (Å²) in [5.41, 5.74) is -0.311. The van der Waals surface area contributed by atoms with E-state index < -0.39 is 11.7 Å². The fraction of sp³-hybridized carbons (Fsp3) is 0.143. The standard InChI is InChI=1S/C14H8Cl3F3N2O/c15-9-1-7(2-10(16)4-9)12(22-23)5-13-11(17)3-8(6-21-13)14(18,19)20/h1-4,6,23H,5H2. The number of halogens is 6. The van der Waals surface area contributed by atoms with Crippen LogP contribution in [0.15, 0.2) is 35.6 Å². The Labute approximate surface area is 144 Å². The van der Waals surface area contributed by atoms with Crippen molar-refractivity contribution in [3.63, 3.8) is 0 Å². The number of alkyl halides is 3. The quantitative estimate of drug-likeness (QED) is 0.433. The Hall–Kier alpha value is -1.50. The predicted octanol–water partition coefficient (Wildman–Crippen LogP) is 5.48. The fourth-order valence-electron chi connectivity index (χ4n) is 1.83. The lowest BCUT2D eigenvalue weighted by Gasteiger charge is -2.10. The first-order valence-corrected chi connectivity index (χ1v) is 7.23. The number of hydrogen-bond donors (Lipinski definition) is 1. The highest BCUT2D eigenvalue weighted by atomic mass is 35.5. The zero-order chi connectivity index (χ0) is 17.2. The van der Waals surface area contributed by atoms with Crippen molar-refractivity contribution in [2.24, 2.45) is 5.16 Å². The zero-order valence-electron chi connectivity index (χ0n) is 11.2. The van der Waals surface area contributed by atoms with Crippen molar-refractivity contribution in [2.75, 3.05) is 0 Å². The maximum absolute atomic E-state index is 12.6. The molecule has 1 aromatic heterocycles. The Bertz CT molecular complexity index is 743. The summed E-state index contributed by atoms with van der Waals surface area (Å²) in [5.74, 6) is 0. The molecule has 0 spiro atoms. The maximum atomic E-state index is 12.6. The Kier molecular flexibility index (Phi) is 5.39. The van der Waals surface area contributed by atoms with Gasteiger partial charge >= 0.3 is 6.18 Å². The number of rotatable bonds is 3. The Balaban J connectivity index is 2.33. The fourth-order valence-corrected chi connectivity index (χ4v) is 2.58. The van der Waals surface area contributed by atoms with Gasteiger partial charge in [0.2, 0.25) is 0 Å². The molecule has 0 aliphatic carbocycles. The van der Waals surface area contributed by atoms with Gasteiger partial charge < -0.3 is 5.21 Å². The van der Waals surface area contributed by atoms with Crippen molar-refractivity contribution in [3.05, 3.63) is 62.4 Å². The molecule has 0 bridgehead atoms. The van der Waals surface area contributed by atoms with E-state index in [1.165, 1.54) is 18.2 Å². The number of hydrogen-bond acceptors (Lipinski definition) is 3. The second kappa shape index (κ2) is 6.95. The molecule has 1 N–H and O–H groups in total. The number of benzene rings is 1. The molecule has 0 radical (unpaired) electrons. The van der Waals surface area contributed by atoms with E-state index in [9.17, 15) is 13.2 Å². The summed E-state index contributed by atoms with van der Waals surface area (Å²) in [7, 11) is 0. The molecule has 23 heavy (non-hydrogen) atoms. The van der Waals surface area contributed by atoms with E-state index in [-0.39, 0.29) is 22.8 Å². The third kappa shape index (κ3) is 4.50. The molecule has 0 saturated heterocycles. The van der Waals surface area contributed by atoms with E-state index in [4.69, 9.17) is 40.0 Å². The molecule has 0 saturated carbocycles. The molecule has 122 valence electrons. The first-order valence-electron chi connectivity index (χ1n) is 6.09. The number of aromatic nitrogens is 1. The van der Waals surface area contributed by atoms with Crippen LogP contribution in [0.2, 0.25) is 15.1 Å². The van der Waals surface area contributed by atoms with Gasteiger partial charge in [-0.25, -0.2) is 0 Å². The molecule has 3 nitrogen and oxygen atoms in total. The van der Waals surface area contributed by atoms with Gasteiger partial charge in [0.15, 0.2) is 0 Å². The van der Waals surface area contributed by atoms with Crippen LogP contribution < -0.4 is 0 Å². The van der Waals surface area contributed by atoms with E-state index in [1.807, 2.05) is 0 Å². The summed E-state index contributed by atoms with van der Waals surface area (Å²) in [5, 5.41) is 12.7. The molecule has 0 atom stereocenters. The molecule has 9 heteroatoms. The molecule has 0 unspecified atom stereocenters. The highest BCUT2D eigenvalue weighted by Crippen LogP contribution is 2.31. The van der Waals surface area contributed by atoms with E-state index in [0.29, 0.717) is 21.8 Å². The minimum absolute atomic E-state index is 0.0931. The minimum atomic E-state index is -4.54. The largest absolute Gasteiger partial charge is 0.417 e. The van der Waals surface area contributed by atoms with E-state index in [2.05, 4.69) is 10.1 Å². The molecular formula is C14H8Cl3F3N2O. The van der Waals surface area contributed by atoms with Gasteiger partial charge in [-0.3, -0.25) is 4.98 Å². The van der Waals surface area contributed by atoms with Gasteiger partial charge in [0, 0.05) is 28.2 Å². The van der Waals surface area contributed by atoms with Gasteiger partial charge in [0.05, 0.1) is 22.0 Å². The monoisotopic (exact) mass is 382 g/mol. The first-order chi connectivity index (χ1) is 10.7. The maximum Gasteiger partial charge on any atom is 0.417 e. The third-order valence-electron chi connectivity index (χ3n) is 2.90. The SMILES string of the molecule is ON=C(Cc1ncc(C(F)(F)F)cc1Cl)c1cc(Cl)cc(Cl)c1. The lowest BCUT2D eigenvalue weighted by molar-refractivity contribution is -0.137. The molecule has 0 aliphatic rings. The van der Waals surface area contributed by atoms with Crippen LogP contribution in [-0.4, -0.2) is 15.9 Å². The Morgan fingerprint density at radius 2 is 1.70 bits per heavy atom. The molecule has 2 aromatic rings. The number of oxime groups is 1. The Morgan fingerprint density at radius 3 is 2.17 bits per heavy atom. The molecule has 2 rings (SSSR count). The molecule has 0 amide bonds. The van der Waals surface area contributed by atoms with E-state index in [0.717, 1.165) is 6.07 Å². The highest BCUT2D eigenvalue weighted by Gasteiger charge is 2.31. The van der Waals surface area contributed by atoms with Crippen LogP contribution in [0.25, 0.3) is 0 Å². The van der Waals surface area contributed by atoms with Crippen LogP contribution >= 0.6 is 34.8 Å². The van der Waals surface area contributed by atoms with Gasteiger partial charge in [-0.05, 0) is 24.3 Å². The van der Waals surface area contributed by atoms with Crippen LogP contribution in [0, 0.1) is 0 Å². The van der Waals surface area contributed by atoms with E-state index >= 15 is 0 Å². The van der Waals surface area contributed by atoms with Crippen molar-refractivity contribution in [2.45, 2.75) is 12.6 Å². The summed E-state index contributed by atoms with van der Waals surface area (Å²) < 4.78 is 37.8. The normalized spacial score (nSPS) is 12.5. The lowest BCUT2D eigenvalue weighted by atomic mass is 10.0. The summed E-state index contributed by atoms with van der Waals surface area (Å²) in [6.45, 7) is 0. The number of pyridine rings is 1. The average Bonchev–Trinajstić information content (AvgIpc) is 2.43. The Morgan fingerprint density at radius 1 is 1.09 bits per heavy atom. The van der Waals surface area contributed by atoms with Gasteiger partial charge in [0.25, 0.3) is 0 Å². The summed E-state index contributed by atoms with van der Waals surface area (Å²) in [4.78, 5) is 3.69. The topological polar surface area (TPSA) is 45.5 Å². The molecule has 1 aromatic carbocycles. The van der Waals surface area contributed by atoms with Gasteiger partial charge in [-0.15, -0.1) is 0 Å². The summed E-state index contributed by atoms with van der Waals surface area (Å²) in [6.07, 6.45) is -3.96. The van der Waals surface area contributed by atoms with E-state index in [1.54, 1.807) is 0 Å². The predicted molar refractivity (Wildman–Crippen MR) is 82.7 cm³/mol. The van der Waals surface area contributed by atoms with Crippen LogP contribution in [0.1, 0.15) is 16.8 Å². The molecule has 0 aliphatic heterocycles. The van der Waals surface area contributed by atoms with Gasteiger partial charge in [0.1, 0.15) is 0 Å². The van der Waals surface area contributed by atoms with Crippen molar-refractivity contribution in [1.82, 2.24) is 4.98 Å². The summed E-state index contributed by atoms with van der Waals surface area (Å²) in [6, 6.07) is 5.26. The van der Waals surface area contributed by atoms with Crippen LogP contribution in [0.3, 0.4) is 0 Å². The van der Waals surface area contributed by atoms with Crippen molar-refractivity contribution in [3.8, 4) is 0 Å². The average molecular weight is 384 g/mol. The van der Waals surface area contributed by atoms with Crippen molar-refractivity contribution < 1.29 is 18.4 Å². The summed E-state index contributed by atoms with van der Waals surface area (Å²) >= 11 is 17.6. The second-order valence-corrected chi connectivity index (χ2v) is 5.81. The highest BCUT2D eigenvalue weighted by molar-refractivity contribution is 6.35.